The van der Waals surface area contributed by atoms with E-state index in [-0.39, 0.29) is 12.6 Å². The van der Waals surface area contributed by atoms with Gasteiger partial charge < -0.3 is 10.0 Å². The highest BCUT2D eigenvalue weighted by molar-refractivity contribution is 5.78. The van der Waals surface area contributed by atoms with Crippen molar-refractivity contribution in [3.8, 4) is 0 Å². The third-order valence-electron chi connectivity index (χ3n) is 4.97. The Morgan fingerprint density at radius 3 is 2.52 bits per heavy atom. The van der Waals surface area contributed by atoms with Gasteiger partial charge in [-0.1, -0.05) is 13.8 Å². The third kappa shape index (κ3) is 4.66. The first-order valence-corrected chi connectivity index (χ1v) is 8.49. The van der Waals surface area contributed by atoms with E-state index in [4.69, 9.17) is 0 Å². The van der Waals surface area contributed by atoms with Crippen LogP contribution >= 0.6 is 0 Å². The molecule has 0 spiro atoms. The summed E-state index contributed by atoms with van der Waals surface area (Å²) in [5, 5.41) is 9.37. The highest BCUT2D eigenvalue weighted by Gasteiger charge is 2.26. The number of amides is 1. The number of aliphatic hydroxyl groups is 1. The molecular weight excluding hydrogens is 266 g/mol. The molecule has 122 valence electrons. The highest BCUT2D eigenvalue weighted by atomic mass is 16.3. The second-order valence-corrected chi connectivity index (χ2v) is 6.64. The molecule has 2 aliphatic heterocycles. The van der Waals surface area contributed by atoms with Crippen LogP contribution in [0.3, 0.4) is 0 Å². The molecule has 1 amide bonds. The zero-order chi connectivity index (χ0) is 15.2. The van der Waals surface area contributed by atoms with Crippen LogP contribution in [0.2, 0.25) is 0 Å². The molecule has 5 heteroatoms. The van der Waals surface area contributed by atoms with Crippen LogP contribution in [0.1, 0.15) is 33.1 Å². The van der Waals surface area contributed by atoms with Crippen LogP contribution < -0.4 is 0 Å². The second kappa shape index (κ2) is 8.11. The van der Waals surface area contributed by atoms with Crippen molar-refractivity contribution in [1.29, 1.82) is 0 Å². The van der Waals surface area contributed by atoms with E-state index in [0.29, 0.717) is 18.4 Å². The minimum Gasteiger partial charge on any atom is -0.395 e. The molecule has 2 aliphatic rings. The maximum Gasteiger partial charge on any atom is 0.236 e. The summed E-state index contributed by atoms with van der Waals surface area (Å²) in [5.41, 5.74) is 0. The van der Waals surface area contributed by atoms with E-state index in [0.717, 1.165) is 52.1 Å². The van der Waals surface area contributed by atoms with Crippen molar-refractivity contribution >= 4 is 5.91 Å². The number of likely N-dealkylation sites (tertiary alicyclic amines) is 1. The zero-order valence-corrected chi connectivity index (χ0v) is 13.6. The Labute approximate surface area is 128 Å². The first kappa shape index (κ1) is 16.7. The SMILES string of the molecule is CCC(CO)N1CCN(CC(=O)N2CCCC(C)C2)CC1. The van der Waals surface area contributed by atoms with E-state index < -0.39 is 0 Å². The van der Waals surface area contributed by atoms with Gasteiger partial charge in [0.2, 0.25) is 5.91 Å². The smallest absolute Gasteiger partial charge is 0.236 e. The van der Waals surface area contributed by atoms with E-state index >= 15 is 0 Å². The second-order valence-electron chi connectivity index (χ2n) is 6.64. The number of nitrogens with zero attached hydrogens (tertiary/aromatic N) is 3. The van der Waals surface area contributed by atoms with Gasteiger partial charge in [-0.3, -0.25) is 14.6 Å². The molecule has 1 N–H and O–H groups in total. The van der Waals surface area contributed by atoms with Gasteiger partial charge in [0.1, 0.15) is 0 Å². The Morgan fingerprint density at radius 2 is 1.95 bits per heavy atom. The number of carbonyl (C=O) groups excluding carboxylic acids is 1. The van der Waals surface area contributed by atoms with Gasteiger partial charge >= 0.3 is 0 Å². The summed E-state index contributed by atoms with van der Waals surface area (Å²) in [7, 11) is 0. The number of hydrogen-bond acceptors (Lipinski definition) is 4. The van der Waals surface area contributed by atoms with Crippen molar-refractivity contribution in [2.24, 2.45) is 5.92 Å². The Hall–Kier alpha value is -0.650. The minimum atomic E-state index is 0.237. The first-order chi connectivity index (χ1) is 10.1. The Balaban J connectivity index is 1.74. The molecule has 0 aromatic rings. The first-order valence-electron chi connectivity index (χ1n) is 8.49. The van der Waals surface area contributed by atoms with E-state index in [1.165, 1.54) is 6.42 Å². The molecule has 0 saturated carbocycles. The predicted molar refractivity (Wildman–Crippen MR) is 84.2 cm³/mol. The predicted octanol–water partition coefficient (Wildman–Crippen LogP) is 0.633. The molecule has 2 unspecified atom stereocenters. The lowest BCUT2D eigenvalue weighted by atomic mass is 10.0. The lowest BCUT2D eigenvalue weighted by molar-refractivity contribution is -0.134. The maximum atomic E-state index is 12.4. The minimum absolute atomic E-state index is 0.237. The number of piperidine rings is 1. The number of hydrogen-bond donors (Lipinski definition) is 1. The van der Waals surface area contributed by atoms with Gasteiger partial charge in [0, 0.05) is 45.3 Å². The van der Waals surface area contributed by atoms with Gasteiger partial charge in [-0.2, -0.15) is 0 Å². The summed E-state index contributed by atoms with van der Waals surface area (Å²) in [6.07, 6.45) is 3.39. The van der Waals surface area contributed by atoms with Crippen LogP contribution in [0.15, 0.2) is 0 Å². The molecule has 0 aliphatic carbocycles. The standard InChI is InChI=1S/C16H31N3O2/c1-3-15(13-20)18-9-7-17(8-10-18)12-16(21)19-6-4-5-14(2)11-19/h14-15,20H,3-13H2,1-2H3. The van der Waals surface area contributed by atoms with E-state index in [2.05, 4.69) is 23.6 Å². The van der Waals surface area contributed by atoms with Crippen molar-refractivity contribution in [1.82, 2.24) is 14.7 Å². The summed E-state index contributed by atoms with van der Waals surface area (Å²) in [6.45, 7) is 10.8. The number of rotatable bonds is 5. The van der Waals surface area contributed by atoms with Crippen molar-refractivity contribution in [2.45, 2.75) is 39.2 Å². The molecule has 0 aromatic heterocycles. The summed E-state index contributed by atoms with van der Waals surface area (Å²) < 4.78 is 0. The van der Waals surface area contributed by atoms with Crippen molar-refractivity contribution in [2.75, 3.05) is 52.4 Å². The van der Waals surface area contributed by atoms with Crippen LogP contribution in [0.25, 0.3) is 0 Å². The van der Waals surface area contributed by atoms with Crippen LogP contribution in [-0.4, -0.2) is 84.2 Å². The molecule has 2 atom stereocenters. The maximum absolute atomic E-state index is 12.4. The molecule has 5 nitrogen and oxygen atoms in total. The van der Waals surface area contributed by atoms with Crippen molar-refractivity contribution < 1.29 is 9.90 Å². The summed E-state index contributed by atoms with van der Waals surface area (Å²) in [6, 6.07) is 0.283. The van der Waals surface area contributed by atoms with Crippen LogP contribution in [0.5, 0.6) is 0 Å². The fourth-order valence-corrected chi connectivity index (χ4v) is 3.50. The summed E-state index contributed by atoms with van der Waals surface area (Å²) in [5.74, 6) is 0.943. The zero-order valence-electron chi connectivity index (χ0n) is 13.6. The molecule has 2 rings (SSSR count). The Morgan fingerprint density at radius 1 is 1.24 bits per heavy atom. The Bertz CT molecular complexity index is 325. The third-order valence-corrected chi connectivity index (χ3v) is 4.97. The molecule has 2 heterocycles. The lowest BCUT2D eigenvalue weighted by Crippen LogP contribution is -2.53. The highest BCUT2D eigenvalue weighted by Crippen LogP contribution is 2.16. The molecule has 0 bridgehead atoms. The average molecular weight is 297 g/mol. The van der Waals surface area contributed by atoms with Crippen LogP contribution in [-0.2, 0) is 4.79 Å². The quantitative estimate of drug-likeness (QED) is 0.809. The van der Waals surface area contributed by atoms with E-state index in [1.807, 2.05) is 4.90 Å². The molecule has 2 saturated heterocycles. The van der Waals surface area contributed by atoms with Crippen LogP contribution in [0, 0.1) is 5.92 Å². The fourth-order valence-electron chi connectivity index (χ4n) is 3.50. The topological polar surface area (TPSA) is 47.0 Å². The van der Waals surface area contributed by atoms with E-state index in [9.17, 15) is 9.90 Å². The van der Waals surface area contributed by atoms with Gasteiger partial charge in [-0.15, -0.1) is 0 Å². The lowest BCUT2D eigenvalue weighted by Gasteiger charge is -2.39. The molecule has 0 radical (unpaired) electrons. The molecule has 2 fully saturated rings. The van der Waals surface area contributed by atoms with Gasteiger partial charge in [0.25, 0.3) is 0 Å². The normalized spacial score (nSPS) is 26.8. The molecule has 21 heavy (non-hydrogen) atoms. The van der Waals surface area contributed by atoms with Crippen molar-refractivity contribution in [3.63, 3.8) is 0 Å². The number of aliphatic hydroxyl groups excluding tert-OH is 1. The van der Waals surface area contributed by atoms with E-state index in [1.54, 1.807) is 0 Å². The van der Waals surface area contributed by atoms with Gasteiger partial charge in [0.15, 0.2) is 0 Å². The van der Waals surface area contributed by atoms with Gasteiger partial charge in [0.05, 0.1) is 13.2 Å². The number of piperazine rings is 1. The summed E-state index contributed by atoms with van der Waals surface area (Å²) in [4.78, 5) is 19.0. The Kier molecular flexibility index (Phi) is 6.45. The number of carbonyl (C=O) groups is 1. The molecule has 0 aromatic carbocycles. The average Bonchev–Trinajstić information content (AvgIpc) is 2.50. The monoisotopic (exact) mass is 297 g/mol. The fraction of sp³-hybridized carbons (Fsp3) is 0.938. The van der Waals surface area contributed by atoms with Crippen LogP contribution in [0.4, 0.5) is 0 Å². The van der Waals surface area contributed by atoms with Crippen molar-refractivity contribution in [3.05, 3.63) is 0 Å². The van der Waals surface area contributed by atoms with Gasteiger partial charge in [-0.25, -0.2) is 0 Å². The molecular formula is C16H31N3O2. The summed E-state index contributed by atoms with van der Waals surface area (Å²) >= 11 is 0. The van der Waals surface area contributed by atoms with Gasteiger partial charge in [-0.05, 0) is 25.2 Å². The largest absolute Gasteiger partial charge is 0.395 e.